The summed E-state index contributed by atoms with van der Waals surface area (Å²) in [4.78, 5) is 13.6. The van der Waals surface area contributed by atoms with Gasteiger partial charge in [0.2, 0.25) is 0 Å². The van der Waals surface area contributed by atoms with Crippen LogP contribution in [0.25, 0.3) is 0 Å². The number of nitrogens with zero attached hydrogens (tertiary/aromatic N) is 1. The minimum Gasteiger partial charge on any atom is -0.481 e. The van der Waals surface area contributed by atoms with Crippen LogP contribution in [0.3, 0.4) is 0 Å². The van der Waals surface area contributed by atoms with Gasteiger partial charge in [-0.15, -0.1) is 0 Å². The minimum absolute atomic E-state index is 0.117. The second-order valence-corrected chi connectivity index (χ2v) is 10.0. The van der Waals surface area contributed by atoms with Gasteiger partial charge in [-0.1, -0.05) is 84.9 Å². The van der Waals surface area contributed by atoms with Crippen molar-refractivity contribution in [3.8, 4) is 0 Å². The van der Waals surface area contributed by atoms with E-state index in [2.05, 4.69) is 4.90 Å². The maximum absolute atomic E-state index is 12.0. The molecule has 4 rings (SSSR count). The van der Waals surface area contributed by atoms with Crippen molar-refractivity contribution in [2.75, 3.05) is 26.2 Å². The molecule has 0 radical (unpaired) electrons. The summed E-state index contributed by atoms with van der Waals surface area (Å²) in [5.41, 5.74) is 2.12. The van der Waals surface area contributed by atoms with Crippen LogP contribution in [0.5, 0.6) is 0 Å². The molecule has 37 heavy (non-hydrogen) atoms. The average Bonchev–Trinajstić information content (AvgIpc) is 2.94. The fraction of sp³-hybridized carbons (Fsp3) is 0.387. The average molecular weight is 504 g/mol. The largest absolute Gasteiger partial charge is 0.481 e. The molecule has 0 spiro atoms. The summed E-state index contributed by atoms with van der Waals surface area (Å²) < 4.78 is 0. The zero-order chi connectivity index (χ0) is 26.3. The Hall–Kier alpha value is -3.03. The van der Waals surface area contributed by atoms with E-state index in [1.807, 2.05) is 60.7 Å². The van der Waals surface area contributed by atoms with Gasteiger partial charge < -0.3 is 25.3 Å². The van der Waals surface area contributed by atoms with Crippen LogP contribution in [-0.4, -0.2) is 57.5 Å². The van der Waals surface area contributed by atoms with E-state index in [-0.39, 0.29) is 5.92 Å². The topological polar surface area (TPSA) is 101 Å². The summed E-state index contributed by atoms with van der Waals surface area (Å²) in [6, 6.07) is 26.7. The number of aliphatic hydroxyl groups is 3. The van der Waals surface area contributed by atoms with Crippen LogP contribution in [0.4, 0.5) is 0 Å². The van der Waals surface area contributed by atoms with Gasteiger partial charge in [-0.2, -0.15) is 0 Å². The van der Waals surface area contributed by atoms with Gasteiger partial charge in [-0.3, -0.25) is 4.79 Å². The predicted molar refractivity (Wildman–Crippen MR) is 143 cm³/mol. The molecule has 1 aliphatic rings. The molecule has 3 aromatic rings. The zero-order valence-corrected chi connectivity index (χ0v) is 21.1. The molecular formula is C31H37NO5. The third-order valence-corrected chi connectivity index (χ3v) is 7.76. The van der Waals surface area contributed by atoms with Crippen LogP contribution >= 0.6 is 0 Å². The van der Waals surface area contributed by atoms with Crippen molar-refractivity contribution in [2.24, 2.45) is 5.92 Å². The minimum atomic E-state index is -1.06. The molecule has 0 amide bonds. The molecule has 3 aromatic carbocycles. The van der Waals surface area contributed by atoms with Crippen molar-refractivity contribution in [1.29, 1.82) is 0 Å². The first kappa shape index (κ1) is 27.0. The van der Waals surface area contributed by atoms with E-state index in [4.69, 9.17) is 0 Å². The molecule has 4 N–H and O–H groups in total. The Labute approximate surface area is 218 Å². The lowest BCUT2D eigenvalue weighted by molar-refractivity contribution is -0.139. The Kier molecular flexibility index (Phi) is 9.11. The summed E-state index contributed by atoms with van der Waals surface area (Å²) in [5, 5.41) is 41.2. The molecule has 1 heterocycles. The highest BCUT2D eigenvalue weighted by atomic mass is 16.4. The van der Waals surface area contributed by atoms with Crippen LogP contribution in [0, 0.1) is 5.92 Å². The summed E-state index contributed by atoms with van der Waals surface area (Å²) >= 11 is 0. The number of aliphatic hydroxyl groups excluding tert-OH is 2. The van der Waals surface area contributed by atoms with Gasteiger partial charge in [0.05, 0.1) is 12.7 Å². The Balaban J connectivity index is 1.30. The molecule has 196 valence electrons. The molecule has 1 aliphatic heterocycles. The van der Waals surface area contributed by atoms with Gasteiger partial charge in [0.25, 0.3) is 0 Å². The lowest BCUT2D eigenvalue weighted by atomic mass is 9.72. The van der Waals surface area contributed by atoms with Crippen molar-refractivity contribution in [2.45, 2.75) is 43.3 Å². The normalized spacial score (nSPS) is 16.8. The SMILES string of the molecule is O=C(O)C(CO)c1ccc(C(O)CCCN2CCC(C(O)(c3ccccc3)c3ccccc3)CC2)cc1. The standard InChI is InChI=1S/C31H37NO5/c33-22-28(30(35)36)23-13-15-24(16-14-23)29(34)12-7-19-32-20-17-27(18-21-32)31(37,25-8-3-1-4-9-25)26-10-5-2-6-11-26/h1-6,8-11,13-16,27-29,33-34,37H,7,12,17-22H2,(H,35,36). The lowest BCUT2D eigenvalue weighted by Crippen LogP contribution is -2.44. The van der Waals surface area contributed by atoms with Crippen LogP contribution in [0.1, 0.15) is 60.0 Å². The summed E-state index contributed by atoms with van der Waals surface area (Å²) in [6.45, 7) is 2.22. The summed E-state index contributed by atoms with van der Waals surface area (Å²) in [6.07, 6.45) is 2.61. The molecule has 6 heteroatoms. The molecule has 1 saturated heterocycles. The van der Waals surface area contributed by atoms with Gasteiger partial charge >= 0.3 is 5.97 Å². The van der Waals surface area contributed by atoms with E-state index in [1.165, 1.54) is 0 Å². The highest BCUT2D eigenvalue weighted by Crippen LogP contribution is 2.42. The van der Waals surface area contributed by atoms with Gasteiger partial charge in [-0.05, 0) is 73.5 Å². The number of hydrogen-bond donors (Lipinski definition) is 4. The number of benzene rings is 3. The third kappa shape index (κ3) is 6.28. The van der Waals surface area contributed by atoms with E-state index >= 15 is 0 Å². The van der Waals surface area contributed by atoms with Crippen LogP contribution in [0.15, 0.2) is 84.9 Å². The summed E-state index contributed by atoms with van der Waals surface area (Å²) in [5.74, 6) is -1.90. The Bertz CT molecular complexity index is 1070. The highest BCUT2D eigenvalue weighted by Gasteiger charge is 2.41. The van der Waals surface area contributed by atoms with E-state index in [9.17, 15) is 25.2 Å². The number of carboxylic acids is 1. The number of piperidine rings is 1. The fourth-order valence-corrected chi connectivity index (χ4v) is 5.55. The number of carbonyl (C=O) groups is 1. The molecule has 0 bridgehead atoms. The number of hydrogen-bond acceptors (Lipinski definition) is 5. The molecule has 0 aliphatic carbocycles. The van der Waals surface area contributed by atoms with Crippen LogP contribution in [-0.2, 0) is 10.4 Å². The van der Waals surface area contributed by atoms with E-state index in [0.717, 1.165) is 55.6 Å². The molecule has 2 unspecified atom stereocenters. The molecule has 0 saturated carbocycles. The van der Waals surface area contributed by atoms with E-state index in [0.29, 0.717) is 12.0 Å². The predicted octanol–water partition coefficient (Wildman–Crippen LogP) is 4.31. The maximum Gasteiger partial charge on any atom is 0.313 e. The summed E-state index contributed by atoms with van der Waals surface area (Å²) in [7, 11) is 0. The van der Waals surface area contributed by atoms with Gasteiger partial charge in [0.1, 0.15) is 11.5 Å². The van der Waals surface area contributed by atoms with Gasteiger partial charge in [-0.25, -0.2) is 0 Å². The first-order valence-corrected chi connectivity index (χ1v) is 13.1. The van der Waals surface area contributed by atoms with E-state index < -0.39 is 30.2 Å². The molecule has 6 nitrogen and oxygen atoms in total. The fourth-order valence-electron chi connectivity index (χ4n) is 5.55. The molecule has 0 aromatic heterocycles. The molecule has 2 atom stereocenters. The Morgan fingerprint density at radius 2 is 1.38 bits per heavy atom. The van der Waals surface area contributed by atoms with Crippen molar-refractivity contribution < 1.29 is 25.2 Å². The number of likely N-dealkylation sites (tertiary alicyclic amines) is 1. The smallest absolute Gasteiger partial charge is 0.313 e. The van der Waals surface area contributed by atoms with Crippen LogP contribution in [0.2, 0.25) is 0 Å². The maximum atomic E-state index is 12.0. The Morgan fingerprint density at radius 1 is 0.865 bits per heavy atom. The number of rotatable bonds is 11. The zero-order valence-electron chi connectivity index (χ0n) is 21.1. The van der Waals surface area contributed by atoms with Crippen molar-refractivity contribution in [3.05, 3.63) is 107 Å². The first-order valence-electron chi connectivity index (χ1n) is 13.1. The van der Waals surface area contributed by atoms with Crippen molar-refractivity contribution in [3.63, 3.8) is 0 Å². The highest BCUT2D eigenvalue weighted by molar-refractivity contribution is 5.76. The Morgan fingerprint density at radius 3 is 1.86 bits per heavy atom. The monoisotopic (exact) mass is 503 g/mol. The second-order valence-electron chi connectivity index (χ2n) is 10.0. The number of carboxylic acid groups (broad SMARTS) is 1. The van der Waals surface area contributed by atoms with Crippen molar-refractivity contribution >= 4 is 5.97 Å². The second kappa shape index (κ2) is 12.5. The lowest BCUT2D eigenvalue weighted by Gasteiger charge is -2.42. The number of aliphatic carboxylic acids is 1. The van der Waals surface area contributed by atoms with Crippen LogP contribution < -0.4 is 0 Å². The quantitative estimate of drug-likeness (QED) is 0.311. The van der Waals surface area contributed by atoms with Gasteiger partial charge in [0.15, 0.2) is 0 Å². The van der Waals surface area contributed by atoms with Crippen molar-refractivity contribution in [1.82, 2.24) is 4.90 Å². The van der Waals surface area contributed by atoms with Gasteiger partial charge in [0, 0.05) is 0 Å². The third-order valence-electron chi connectivity index (χ3n) is 7.76. The molecular weight excluding hydrogens is 466 g/mol. The molecule has 1 fully saturated rings. The van der Waals surface area contributed by atoms with E-state index in [1.54, 1.807) is 24.3 Å². The first-order chi connectivity index (χ1) is 17.9.